The van der Waals surface area contributed by atoms with Crippen LogP contribution in [-0.2, 0) is 14.4 Å². The molecule has 5 heteroatoms. The Labute approximate surface area is 101 Å². The van der Waals surface area contributed by atoms with Crippen molar-refractivity contribution in [2.24, 2.45) is 11.7 Å². The van der Waals surface area contributed by atoms with Gasteiger partial charge in [0.25, 0.3) is 0 Å². The van der Waals surface area contributed by atoms with Crippen LogP contribution in [0.5, 0.6) is 0 Å². The zero-order valence-corrected chi connectivity index (χ0v) is 10.4. The number of hydrogen-bond donors (Lipinski definition) is 1. The average molecular weight is 240 g/mol. The fraction of sp³-hybridized carbons (Fsp3) is 0.750. The van der Waals surface area contributed by atoms with E-state index in [9.17, 15) is 14.4 Å². The molecule has 2 amide bonds. The Morgan fingerprint density at radius 2 is 2.12 bits per heavy atom. The lowest BCUT2D eigenvalue weighted by atomic mass is 10.0. The van der Waals surface area contributed by atoms with Crippen LogP contribution in [0.15, 0.2) is 0 Å². The van der Waals surface area contributed by atoms with Crippen molar-refractivity contribution < 1.29 is 14.4 Å². The summed E-state index contributed by atoms with van der Waals surface area (Å²) in [5, 5.41) is 0. The quantitative estimate of drug-likeness (QED) is 0.540. The standard InChI is InChI=1S/C12H20N2O3/c1-8-7-11(16)14(12(8)17)10(9(2)15)5-3-4-6-13/h8,10H,3-7,13H2,1-2H3/t8?,10-/m0/s1. The smallest absolute Gasteiger partial charge is 0.233 e. The zero-order valence-electron chi connectivity index (χ0n) is 10.4. The highest BCUT2D eigenvalue weighted by Gasteiger charge is 2.41. The molecular formula is C12H20N2O3. The van der Waals surface area contributed by atoms with Crippen molar-refractivity contribution in [1.82, 2.24) is 4.90 Å². The summed E-state index contributed by atoms with van der Waals surface area (Å²) >= 11 is 0. The van der Waals surface area contributed by atoms with Gasteiger partial charge in [0.15, 0.2) is 5.78 Å². The van der Waals surface area contributed by atoms with Gasteiger partial charge in [-0.15, -0.1) is 0 Å². The summed E-state index contributed by atoms with van der Waals surface area (Å²) in [6.45, 7) is 3.71. The van der Waals surface area contributed by atoms with Gasteiger partial charge in [-0.2, -0.15) is 0 Å². The first kappa shape index (κ1) is 13.8. The number of unbranched alkanes of at least 4 members (excludes halogenated alkanes) is 1. The molecule has 0 radical (unpaired) electrons. The Morgan fingerprint density at radius 1 is 1.47 bits per heavy atom. The van der Waals surface area contributed by atoms with Crippen LogP contribution in [0.3, 0.4) is 0 Å². The molecule has 2 N–H and O–H groups in total. The van der Waals surface area contributed by atoms with Gasteiger partial charge in [0.1, 0.15) is 0 Å². The molecule has 2 atom stereocenters. The number of rotatable bonds is 6. The first-order valence-corrected chi connectivity index (χ1v) is 6.05. The van der Waals surface area contributed by atoms with Crippen molar-refractivity contribution in [1.29, 1.82) is 0 Å². The second-order valence-corrected chi connectivity index (χ2v) is 4.62. The van der Waals surface area contributed by atoms with E-state index in [0.717, 1.165) is 17.7 Å². The van der Waals surface area contributed by atoms with Crippen LogP contribution in [0.4, 0.5) is 0 Å². The molecule has 0 aromatic carbocycles. The van der Waals surface area contributed by atoms with E-state index in [4.69, 9.17) is 5.73 Å². The molecule has 1 fully saturated rings. The number of imide groups is 1. The molecule has 96 valence electrons. The SMILES string of the molecule is CC(=O)[C@H](CCCCN)N1C(=O)CC(C)C1=O. The van der Waals surface area contributed by atoms with Crippen molar-refractivity contribution in [3.63, 3.8) is 0 Å². The number of carbonyl (C=O) groups excluding carboxylic acids is 3. The highest BCUT2D eigenvalue weighted by molar-refractivity contribution is 6.06. The van der Waals surface area contributed by atoms with Crippen LogP contribution in [0.25, 0.3) is 0 Å². The summed E-state index contributed by atoms with van der Waals surface area (Å²) in [4.78, 5) is 36.2. The van der Waals surface area contributed by atoms with Crippen LogP contribution >= 0.6 is 0 Å². The number of carbonyl (C=O) groups is 3. The lowest BCUT2D eigenvalue weighted by Crippen LogP contribution is -2.44. The second kappa shape index (κ2) is 5.91. The molecule has 0 saturated carbocycles. The first-order chi connectivity index (χ1) is 7.99. The van der Waals surface area contributed by atoms with Crippen molar-refractivity contribution in [3.05, 3.63) is 0 Å². The van der Waals surface area contributed by atoms with E-state index < -0.39 is 6.04 Å². The minimum atomic E-state index is -0.591. The molecule has 1 saturated heterocycles. The van der Waals surface area contributed by atoms with E-state index in [1.165, 1.54) is 6.92 Å². The minimum Gasteiger partial charge on any atom is -0.330 e. The highest BCUT2D eigenvalue weighted by atomic mass is 16.2. The van der Waals surface area contributed by atoms with Crippen LogP contribution in [0, 0.1) is 5.92 Å². The van der Waals surface area contributed by atoms with Gasteiger partial charge in [0.2, 0.25) is 11.8 Å². The maximum absolute atomic E-state index is 11.8. The summed E-state index contributed by atoms with van der Waals surface area (Å²) in [5.41, 5.74) is 5.39. The number of hydrogen-bond acceptors (Lipinski definition) is 4. The van der Waals surface area contributed by atoms with E-state index in [-0.39, 0.29) is 29.9 Å². The van der Waals surface area contributed by atoms with Crippen LogP contribution < -0.4 is 5.73 Å². The van der Waals surface area contributed by atoms with Gasteiger partial charge in [-0.05, 0) is 32.7 Å². The van der Waals surface area contributed by atoms with Crippen molar-refractivity contribution in [3.8, 4) is 0 Å². The van der Waals surface area contributed by atoms with E-state index in [1.807, 2.05) is 0 Å². The number of ketones is 1. The van der Waals surface area contributed by atoms with Crippen molar-refractivity contribution in [2.45, 2.75) is 45.6 Å². The molecule has 1 unspecified atom stereocenters. The van der Waals surface area contributed by atoms with Crippen molar-refractivity contribution >= 4 is 17.6 Å². The lowest BCUT2D eigenvalue weighted by Gasteiger charge is -2.24. The van der Waals surface area contributed by atoms with Crippen LogP contribution in [0.1, 0.15) is 39.5 Å². The lowest BCUT2D eigenvalue weighted by molar-refractivity contribution is -0.146. The number of amides is 2. The monoisotopic (exact) mass is 240 g/mol. The highest BCUT2D eigenvalue weighted by Crippen LogP contribution is 2.23. The zero-order chi connectivity index (χ0) is 13.0. The van der Waals surface area contributed by atoms with E-state index in [2.05, 4.69) is 0 Å². The molecule has 0 aromatic rings. The summed E-state index contributed by atoms with van der Waals surface area (Å²) in [5.74, 6) is -0.866. The molecule has 1 aliphatic heterocycles. The molecule has 1 aliphatic rings. The Kier molecular flexibility index (Phi) is 4.81. The number of nitrogens with two attached hydrogens (primary N) is 1. The molecular weight excluding hydrogens is 220 g/mol. The number of likely N-dealkylation sites (tertiary alicyclic amines) is 1. The molecule has 1 heterocycles. The molecule has 1 rings (SSSR count). The van der Waals surface area contributed by atoms with E-state index >= 15 is 0 Å². The van der Waals surface area contributed by atoms with Crippen LogP contribution in [-0.4, -0.2) is 35.1 Å². The van der Waals surface area contributed by atoms with Gasteiger partial charge in [-0.3, -0.25) is 19.3 Å². The first-order valence-electron chi connectivity index (χ1n) is 6.05. The topological polar surface area (TPSA) is 80.5 Å². The maximum atomic E-state index is 11.8. The fourth-order valence-corrected chi connectivity index (χ4v) is 2.13. The van der Waals surface area contributed by atoms with Gasteiger partial charge in [-0.1, -0.05) is 6.92 Å². The third-order valence-electron chi connectivity index (χ3n) is 3.12. The van der Waals surface area contributed by atoms with E-state index in [1.54, 1.807) is 6.92 Å². The number of nitrogens with zero attached hydrogens (tertiary/aromatic N) is 1. The Balaban J connectivity index is 2.73. The largest absolute Gasteiger partial charge is 0.330 e. The molecule has 0 bridgehead atoms. The Hall–Kier alpha value is -1.23. The van der Waals surface area contributed by atoms with E-state index in [0.29, 0.717) is 13.0 Å². The fourth-order valence-electron chi connectivity index (χ4n) is 2.13. The Morgan fingerprint density at radius 3 is 2.53 bits per heavy atom. The molecule has 17 heavy (non-hydrogen) atoms. The van der Waals surface area contributed by atoms with Crippen molar-refractivity contribution in [2.75, 3.05) is 6.54 Å². The summed E-state index contributed by atoms with van der Waals surface area (Å²) in [7, 11) is 0. The summed E-state index contributed by atoms with van der Waals surface area (Å²) < 4.78 is 0. The van der Waals surface area contributed by atoms with Crippen LogP contribution in [0.2, 0.25) is 0 Å². The van der Waals surface area contributed by atoms with Gasteiger partial charge in [0.05, 0.1) is 6.04 Å². The summed E-state index contributed by atoms with van der Waals surface area (Å²) in [6, 6.07) is -0.591. The maximum Gasteiger partial charge on any atom is 0.233 e. The predicted molar refractivity (Wildman–Crippen MR) is 63.0 cm³/mol. The average Bonchev–Trinajstić information content (AvgIpc) is 2.49. The minimum absolute atomic E-state index is 0.127. The normalized spacial score (nSPS) is 22.1. The second-order valence-electron chi connectivity index (χ2n) is 4.62. The van der Waals surface area contributed by atoms with Gasteiger partial charge >= 0.3 is 0 Å². The number of Topliss-reactive ketones (excluding diaryl/α,β-unsaturated/α-hetero) is 1. The summed E-state index contributed by atoms with van der Waals surface area (Å²) in [6.07, 6.45) is 2.30. The third kappa shape index (κ3) is 3.12. The molecule has 5 nitrogen and oxygen atoms in total. The molecule has 0 aromatic heterocycles. The van der Waals surface area contributed by atoms with Gasteiger partial charge in [-0.25, -0.2) is 0 Å². The Bertz CT molecular complexity index is 328. The third-order valence-corrected chi connectivity index (χ3v) is 3.12. The van der Waals surface area contributed by atoms with Gasteiger partial charge in [0, 0.05) is 12.3 Å². The molecule has 0 spiro atoms. The van der Waals surface area contributed by atoms with Gasteiger partial charge < -0.3 is 5.73 Å². The predicted octanol–water partition coefficient (Wildman–Crippen LogP) is 0.468. The molecule has 0 aliphatic carbocycles.